The molecule has 9 nitrogen and oxygen atoms in total. The minimum Gasteiger partial charge on any atom is -0.390 e. The van der Waals surface area contributed by atoms with Crippen molar-refractivity contribution >= 4 is 11.5 Å². The lowest BCUT2D eigenvalue weighted by Gasteiger charge is -2.32. The first kappa shape index (κ1) is 20.7. The summed E-state index contributed by atoms with van der Waals surface area (Å²) in [6, 6.07) is 1.78. The Morgan fingerprint density at radius 2 is 2.00 bits per heavy atom. The summed E-state index contributed by atoms with van der Waals surface area (Å²) in [5, 5.41) is 29.6. The van der Waals surface area contributed by atoms with Gasteiger partial charge in [-0.3, -0.25) is 4.98 Å². The molecule has 0 aliphatic carbocycles. The van der Waals surface area contributed by atoms with E-state index in [1.165, 1.54) is 0 Å². The minimum absolute atomic E-state index is 0.236. The molecule has 3 rings (SSSR count). The molecule has 0 aromatic carbocycles. The molecule has 5 N–H and O–H groups in total. The molecule has 0 spiro atoms. The van der Waals surface area contributed by atoms with Crippen LogP contribution in [0.2, 0.25) is 0 Å². The zero-order valence-electron chi connectivity index (χ0n) is 14.0. The van der Waals surface area contributed by atoms with Gasteiger partial charge in [-0.05, 0) is 12.5 Å². The van der Waals surface area contributed by atoms with E-state index in [-0.39, 0.29) is 5.82 Å². The van der Waals surface area contributed by atoms with E-state index in [4.69, 9.17) is 10.5 Å². The van der Waals surface area contributed by atoms with Crippen LogP contribution in [0.25, 0.3) is 0 Å². The number of alkyl halides is 3. The molecule has 1 fully saturated rings. The molecule has 2 aromatic heterocycles. The van der Waals surface area contributed by atoms with Crippen molar-refractivity contribution in [1.29, 1.82) is 0 Å². The first-order valence-corrected chi connectivity index (χ1v) is 7.90. The number of nitrogens with two attached hydrogens (primary N) is 1. The van der Waals surface area contributed by atoms with E-state index in [1.54, 1.807) is 18.5 Å². The van der Waals surface area contributed by atoms with Gasteiger partial charge in [-0.15, -0.1) is 0 Å². The fraction of sp³-hybridized carbons (Fsp3) is 0.467. The second-order valence-corrected chi connectivity index (χ2v) is 5.59. The quantitative estimate of drug-likeness (QED) is 0.591. The Morgan fingerprint density at radius 3 is 2.59 bits per heavy atom. The summed E-state index contributed by atoms with van der Waals surface area (Å²) in [7, 11) is 0. The molecule has 3 heterocycles. The first-order chi connectivity index (χ1) is 12.8. The Morgan fingerprint density at radius 1 is 1.22 bits per heavy atom. The number of hydrogen-bond donors (Lipinski definition) is 4. The van der Waals surface area contributed by atoms with Gasteiger partial charge in [-0.2, -0.15) is 23.4 Å². The van der Waals surface area contributed by atoms with Crippen LogP contribution in [0.15, 0.2) is 30.9 Å². The van der Waals surface area contributed by atoms with E-state index in [1.807, 2.05) is 0 Å². The molecule has 148 valence electrons. The van der Waals surface area contributed by atoms with Gasteiger partial charge in [0.2, 0.25) is 0 Å². The standard InChI is InChI=1S/C10H15N3O3.C5H4F3N3/c14-8-2-4-16-9(10(8)15)6-11-7-1-3-12-13-5-7;6-5(7,8)3-1-10-2-4(9)11-3/h1,3,5,8-10,14-15H,2,4,6H2,(H,11,12);1-2H,(H2,9,11). The lowest BCUT2D eigenvalue weighted by Crippen LogP contribution is -2.47. The molecule has 1 aliphatic heterocycles. The van der Waals surface area contributed by atoms with Gasteiger partial charge in [-0.1, -0.05) is 0 Å². The first-order valence-electron chi connectivity index (χ1n) is 7.90. The topological polar surface area (TPSA) is 139 Å². The average Bonchev–Trinajstić information content (AvgIpc) is 2.64. The van der Waals surface area contributed by atoms with Crippen molar-refractivity contribution < 1.29 is 28.1 Å². The maximum absolute atomic E-state index is 11.8. The van der Waals surface area contributed by atoms with Crippen LogP contribution in [-0.2, 0) is 10.9 Å². The number of anilines is 2. The third kappa shape index (κ3) is 6.58. The summed E-state index contributed by atoms with van der Waals surface area (Å²) < 4.78 is 40.8. The van der Waals surface area contributed by atoms with Crippen molar-refractivity contribution in [1.82, 2.24) is 20.2 Å². The van der Waals surface area contributed by atoms with Gasteiger partial charge >= 0.3 is 6.18 Å². The fourth-order valence-corrected chi connectivity index (χ4v) is 2.17. The molecule has 2 aromatic rings. The number of rotatable bonds is 3. The highest BCUT2D eigenvalue weighted by molar-refractivity contribution is 5.38. The minimum atomic E-state index is -4.47. The normalized spacial score (nSPS) is 22.5. The number of nitrogens with one attached hydrogen (secondary N) is 1. The Kier molecular flexibility index (Phi) is 7.21. The van der Waals surface area contributed by atoms with Crippen molar-refractivity contribution in [3.05, 3.63) is 36.5 Å². The lowest BCUT2D eigenvalue weighted by atomic mass is 10.0. The Hall–Kier alpha value is -2.57. The smallest absolute Gasteiger partial charge is 0.390 e. The van der Waals surface area contributed by atoms with E-state index in [0.29, 0.717) is 25.8 Å². The summed E-state index contributed by atoms with van der Waals surface area (Å²) >= 11 is 0. The Labute approximate surface area is 152 Å². The molecule has 1 aliphatic rings. The number of nitrogens with zero attached hydrogens (tertiary/aromatic N) is 4. The number of halogens is 3. The summed E-state index contributed by atoms with van der Waals surface area (Å²) in [6.45, 7) is 0.906. The number of aliphatic hydroxyl groups is 2. The van der Waals surface area contributed by atoms with Gasteiger partial charge in [0.25, 0.3) is 0 Å². The van der Waals surface area contributed by atoms with Gasteiger partial charge in [-0.25, -0.2) is 4.98 Å². The number of hydrogen-bond acceptors (Lipinski definition) is 9. The number of aromatic nitrogens is 4. The van der Waals surface area contributed by atoms with Gasteiger partial charge in [0, 0.05) is 13.2 Å². The predicted octanol–water partition coefficient (Wildman–Crippen LogP) is 0.477. The second kappa shape index (κ2) is 9.39. The van der Waals surface area contributed by atoms with Crippen LogP contribution in [0.5, 0.6) is 0 Å². The molecule has 0 bridgehead atoms. The van der Waals surface area contributed by atoms with Gasteiger partial charge in [0.05, 0.1) is 36.6 Å². The summed E-state index contributed by atoms with van der Waals surface area (Å²) in [5.74, 6) is -0.236. The monoisotopic (exact) mass is 388 g/mol. The summed E-state index contributed by atoms with van der Waals surface area (Å²) in [4.78, 5) is 6.28. The molecule has 0 saturated carbocycles. The summed E-state index contributed by atoms with van der Waals surface area (Å²) in [6.07, 6.45) is -1.08. The number of nitrogen functional groups attached to an aromatic ring is 1. The van der Waals surface area contributed by atoms with E-state index in [9.17, 15) is 23.4 Å². The molecular weight excluding hydrogens is 369 g/mol. The maximum atomic E-state index is 11.8. The Balaban J connectivity index is 0.000000208. The summed E-state index contributed by atoms with van der Waals surface area (Å²) in [5.41, 5.74) is 4.72. The highest BCUT2D eigenvalue weighted by atomic mass is 19.4. The van der Waals surface area contributed by atoms with Crippen molar-refractivity contribution in [3.8, 4) is 0 Å². The predicted molar refractivity (Wildman–Crippen MR) is 88.3 cm³/mol. The van der Waals surface area contributed by atoms with Crippen molar-refractivity contribution in [2.75, 3.05) is 24.2 Å². The number of aliphatic hydroxyl groups excluding tert-OH is 2. The second-order valence-electron chi connectivity index (χ2n) is 5.59. The van der Waals surface area contributed by atoms with E-state index >= 15 is 0 Å². The van der Waals surface area contributed by atoms with Gasteiger partial charge in [0.15, 0.2) is 5.69 Å². The van der Waals surface area contributed by atoms with Crippen LogP contribution in [-0.4, -0.2) is 61.8 Å². The maximum Gasteiger partial charge on any atom is 0.434 e. The van der Waals surface area contributed by atoms with Gasteiger partial charge < -0.3 is 26.0 Å². The third-order valence-electron chi connectivity index (χ3n) is 3.56. The Bertz CT molecular complexity index is 707. The van der Waals surface area contributed by atoms with Crippen LogP contribution < -0.4 is 11.1 Å². The van der Waals surface area contributed by atoms with E-state index in [0.717, 1.165) is 11.9 Å². The van der Waals surface area contributed by atoms with Gasteiger partial charge in [0.1, 0.15) is 18.0 Å². The largest absolute Gasteiger partial charge is 0.434 e. The van der Waals surface area contributed by atoms with E-state index in [2.05, 4.69) is 25.5 Å². The number of ether oxygens (including phenoxy) is 1. The fourth-order valence-electron chi connectivity index (χ4n) is 2.17. The van der Waals surface area contributed by atoms with Crippen LogP contribution >= 0.6 is 0 Å². The zero-order valence-corrected chi connectivity index (χ0v) is 14.0. The van der Waals surface area contributed by atoms with E-state index < -0.39 is 30.2 Å². The molecule has 3 atom stereocenters. The molecular formula is C15H19F3N6O3. The molecule has 12 heteroatoms. The molecule has 27 heavy (non-hydrogen) atoms. The lowest BCUT2D eigenvalue weighted by molar-refractivity contribution is -0.141. The van der Waals surface area contributed by atoms with Crippen LogP contribution in [0.4, 0.5) is 24.7 Å². The van der Waals surface area contributed by atoms with Crippen LogP contribution in [0.3, 0.4) is 0 Å². The molecule has 0 amide bonds. The average molecular weight is 388 g/mol. The molecule has 1 saturated heterocycles. The van der Waals surface area contributed by atoms with Crippen molar-refractivity contribution in [2.24, 2.45) is 0 Å². The SMILES string of the molecule is Nc1cncc(C(F)(F)F)n1.OC1CCOC(CNc2ccnnc2)C1O. The highest BCUT2D eigenvalue weighted by Crippen LogP contribution is 2.26. The zero-order chi connectivity index (χ0) is 19.9. The van der Waals surface area contributed by atoms with Crippen molar-refractivity contribution in [3.63, 3.8) is 0 Å². The molecule has 0 radical (unpaired) electrons. The van der Waals surface area contributed by atoms with Crippen LogP contribution in [0, 0.1) is 0 Å². The van der Waals surface area contributed by atoms with Crippen LogP contribution in [0.1, 0.15) is 12.1 Å². The van der Waals surface area contributed by atoms with Crippen molar-refractivity contribution in [2.45, 2.75) is 30.9 Å². The highest BCUT2D eigenvalue weighted by Gasteiger charge is 2.33. The third-order valence-corrected chi connectivity index (χ3v) is 3.56. The molecule has 3 unspecified atom stereocenters.